The molecular weight excluding hydrogens is 434 g/mol. The second kappa shape index (κ2) is 10.1. The van der Waals surface area contributed by atoms with Gasteiger partial charge in [0.05, 0.1) is 6.04 Å². The van der Waals surface area contributed by atoms with Gasteiger partial charge in [0.15, 0.2) is 5.58 Å². The Morgan fingerprint density at radius 1 is 1.00 bits per heavy atom. The van der Waals surface area contributed by atoms with Crippen LogP contribution >= 0.6 is 0 Å². The van der Waals surface area contributed by atoms with Gasteiger partial charge in [-0.25, -0.2) is 0 Å². The lowest BCUT2D eigenvalue weighted by Gasteiger charge is -2.29. The highest BCUT2D eigenvalue weighted by Crippen LogP contribution is 2.35. The number of hydrogen-bond donors (Lipinski definition) is 2. The molecule has 0 aliphatic carbocycles. The molecule has 2 heterocycles. The summed E-state index contributed by atoms with van der Waals surface area (Å²) in [5.74, 6) is 0. The fraction of sp³-hybridized carbons (Fsp3) is 0.308. The van der Waals surface area contributed by atoms with E-state index in [1.807, 2.05) is 87.5 Å². The van der Waals surface area contributed by atoms with Gasteiger partial charge < -0.3 is 14.2 Å². The predicted molar refractivity (Wildman–Crippen MR) is 132 cm³/mol. The number of nitrogens with one attached hydrogen (secondary N) is 1. The zero-order chi connectivity index (χ0) is 23.4. The summed E-state index contributed by atoms with van der Waals surface area (Å²) in [4.78, 5) is 4.71. The van der Waals surface area contributed by atoms with Crippen molar-refractivity contribution in [3.8, 4) is 11.3 Å². The molecule has 7 heteroatoms. The van der Waals surface area contributed by atoms with Gasteiger partial charge in [0, 0.05) is 53.1 Å². The third-order valence-corrected chi connectivity index (χ3v) is 7.03. The van der Waals surface area contributed by atoms with Gasteiger partial charge in [0.25, 0.3) is 0 Å². The van der Waals surface area contributed by atoms with E-state index in [0.29, 0.717) is 12.8 Å². The molecule has 2 aromatic heterocycles. The Morgan fingerprint density at radius 3 is 2.52 bits per heavy atom. The van der Waals surface area contributed by atoms with Crippen LogP contribution in [-0.4, -0.2) is 31.2 Å². The molecule has 0 aliphatic rings. The first kappa shape index (κ1) is 23.4. The lowest BCUT2D eigenvalue weighted by atomic mass is 9.94. The smallest absolute Gasteiger partial charge is 0.167 e. The highest BCUT2D eigenvalue weighted by atomic mass is 32.2. The monoisotopic (exact) mass is 463 g/mol. The van der Waals surface area contributed by atoms with Crippen LogP contribution in [0.4, 0.5) is 0 Å². The van der Waals surface area contributed by atoms with Gasteiger partial charge >= 0.3 is 0 Å². The summed E-state index contributed by atoms with van der Waals surface area (Å²) < 4.78 is 21.6. The maximum atomic E-state index is 13.1. The fourth-order valence-electron chi connectivity index (χ4n) is 3.72. The molecule has 0 fully saturated rings. The molecule has 4 aromatic rings. The Morgan fingerprint density at radius 2 is 1.73 bits per heavy atom. The van der Waals surface area contributed by atoms with Crippen LogP contribution in [0.15, 0.2) is 71.3 Å². The van der Waals surface area contributed by atoms with Gasteiger partial charge in [-0.3, -0.25) is 4.98 Å². The minimum atomic E-state index is -1.29. The van der Waals surface area contributed by atoms with Gasteiger partial charge in [-0.15, -0.1) is 4.72 Å². The van der Waals surface area contributed by atoms with E-state index in [2.05, 4.69) is 9.88 Å². The van der Waals surface area contributed by atoms with Crippen molar-refractivity contribution in [2.24, 2.45) is 0 Å². The first-order chi connectivity index (χ1) is 15.9. The first-order valence-electron chi connectivity index (χ1n) is 11.0. The van der Waals surface area contributed by atoms with Crippen molar-refractivity contribution in [2.75, 3.05) is 6.61 Å². The van der Waals surface area contributed by atoms with Gasteiger partial charge in [-0.2, -0.15) is 0 Å². The van der Waals surface area contributed by atoms with Gasteiger partial charge in [-0.05, 0) is 50.6 Å². The number of rotatable bonds is 8. The topological polar surface area (TPSA) is 94.2 Å². The minimum Gasteiger partial charge on any atom is -0.598 e. The van der Waals surface area contributed by atoms with Crippen molar-refractivity contribution in [3.05, 3.63) is 83.7 Å². The van der Waals surface area contributed by atoms with Gasteiger partial charge in [0.1, 0.15) is 10.4 Å². The molecule has 0 spiro atoms. The molecule has 6 nitrogen and oxygen atoms in total. The van der Waals surface area contributed by atoms with Crippen LogP contribution in [0.1, 0.15) is 43.8 Å². The standard InChI is InChI=1S/C26H29N3O3S/c1-26(2,3)33(31)29-23(17-19-10-8-9-18(27-19)15-16-30)20-11-4-5-12-21(20)25-22-13-6-7-14-24(22)32-28-25/h4-14,23,29-30H,15-17H2,1-3H3/t23?,33-/m0/s1. The van der Waals surface area contributed by atoms with Crippen molar-refractivity contribution in [1.82, 2.24) is 14.9 Å². The van der Waals surface area contributed by atoms with Gasteiger partial charge in [-0.1, -0.05) is 47.6 Å². The molecule has 0 saturated carbocycles. The molecular formula is C26H29N3O3S. The van der Waals surface area contributed by atoms with E-state index in [1.165, 1.54) is 0 Å². The minimum absolute atomic E-state index is 0.0498. The molecule has 0 radical (unpaired) electrons. The quantitative estimate of drug-likeness (QED) is 0.366. The van der Waals surface area contributed by atoms with Crippen LogP contribution < -0.4 is 4.72 Å². The highest BCUT2D eigenvalue weighted by molar-refractivity contribution is 7.90. The Hall–Kier alpha value is -2.71. The zero-order valence-corrected chi connectivity index (χ0v) is 19.9. The van der Waals surface area contributed by atoms with E-state index in [1.54, 1.807) is 0 Å². The zero-order valence-electron chi connectivity index (χ0n) is 19.1. The Kier molecular flexibility index (Phi) is 7.14. The van der Waals surface area contributed by atoms with Crippen LogP contribution in [0, 0.1) is 0 Å². The molecule has 1 unspecified atom stereocenters. The highest BCUT2D eigenvalue weighted by Gasteiger charge is 2.31. The average molecular weight is 464 g/mol. The summed E-state index contributed by atoms with van der Waals surface area (Å²) in [6.45, 7) is 5.90. The van der Waals surface area contributed by atoms with Crippen LogP contribution in [0.5, 0.6) is 0 Å². The fourth-order valence-corrected chi connectivity index (χ4v) is 4.55. The van der Waals surface area contributed by atoms with Crippen LogP contribution in [0.25, 0.3) is 22.2 Å². The van der Waals surface area contributed by atoms with Gasteiger partial charge in [0.2, 0.25) is 0 Å². The first-order valence-corrected chi connectivity index (χ1v) is 12.2. The molecule has 172 valence electrons. The molecule has 4 rings (SSSR count). The summed E-state index contributed by atoms with van der Waals surface area (Å²) in [5.41, 5.74) is 5.09. The maximum absolute atomic E-state index is 13.1. The van der Waals surface area contributed by atoms with Crippen LogP contribution in [0.2, 0.25) is 0 Å². The summed E-state index contributed by atoms with van der Waals surface area (Å²) in [7, 11) is 0. The Bertz CT molecular complexity index is 1220. The van der Waals surface area contributed by atoms with E-state index in [-0.39, 0.29) is 12.6 Å². The summed E-state index contributed by atoms with van der Waals surface area (Å²) in [6, 6.07) is 21.3. The Labute approximate surface area is 197 Å². The van der Waals surface area contributed by atoms with E-state index < -0.39 is 16.1 Å². The van der Waals surface area contributed by atoms with Crippen molar-refractivity contribution >= 4 is 22.3 Å². The average Bonchev–Trinajstić information content (AvgIpc) is 3.22. The van der Waals surface area contributed by atoms with Crippen LogP contribution in [0.3, 0.4) is 0 Å². The molecule has 2 aromatic carbocycles. The number of aromatic nitrogens is 2. The lowest BCUT2D eigenvalue weighted by molar-refractivity contribution is 0.298. The van der Waals surface area contributed by atoms with Crippen molar-refractivity contribution < 1.29 is 14.2 Å². The molecule has 2 atom stereocenters. The second-order valence-electron chi connectivity index (χ2n) is 8.96. The number of pyridine rings is 1. The van der Waals surface area contributed by atoms with Crippen molar-refractivity contribution in [3.63, 3.8) is 0 Å². The summed E-state index contributed by atoms with van der Waals surface area (Å²) in [6.07, 6.45) is 1.04. The summed E-state index contributed by atoms with van der Waals surface area (Å²) >= 11 is -1.29. The third kappa shape index (κ3) is 5.45. The van der Waals surface area contributed by atoms with Crippen LogP contribution in [-0.2, 0) is 24.2 Å². The number of aliphatic hydroxyl groups excluding tert-OH is 1. The largest absolute Gasteiger partial charge is 0.598 e. The maximum Gasteiger partial charge on any atom is 0.167 e. The van der Waals surface area contributed by atoms with Crippen molar-refractivity contribution in [2.45, 2.75) is 44.4 Å². The molecule has 2 N–H and O–H groups in total. The van der Waals surface area contributed by atoms with Crippen molar-refractivity contribution in [1.29, 1.82) is 0 Å². The number of fused-ring (bicyclic) bond motifs is 1. The number of nitrogens with zero attached hydrogens (tertiary/aromatic N) is 2. The van der Waals surface area contributed by atoms with E-state index in [9.17, 15) is 9.66 Å². The van der Waals surface area contributed by atoms with E-state index in [0.717, 1.165) is 39.2 Å². The molecule has 0 bridgehead atoms. The third-order valence-electron chi connectivity index (χ3n) is 5.42. The SMILES string of the molecule is CC(C)(C)[S@+]([O-])NC(Cc1cccc(CCO)n1)c1ccccc1-c1noc2ccccc12. The second-order valence-corrected chi connectivity index (χ2v) is 11.0. The molecule has 0 amide bonds. The molecule has 33 heavy (non-hydrogen) atoms. The van der Waals surface area contributed by atoms with E-state index in [4.69, 9.17) is 9.51 Å². The Balaban J connectivity index is 1.77. The summed E-state index contributed by atoms with van der Waals surface area (Å²) in [5, 5.41) is 14.6. The number of aliphatic hydroxyl groups is 1. The molecule has 0 aliphatic heterocycles. The lowest BCUT2D eigenvalue weighted by Crippen LogP contribution is -2.42. The molecule has 0 saturated heterocycles. The number of hydrogen-bond acceptors (Lipinski definition) is 6. The number of benzene rings is 2. The van der Waals surface area contributed by atoms with E-state index >= 15 is 0 Å². The predicted octanol–water partition coefficient (Wildman–Crippen LogP) is 4.76. The number of para-hydroxylation sites is 1. The normalized spacial score (nSPS) is 13.8.